The second-order valence-electron chi connectivity index (χ2n) is 3.79. The van der Waals surface area contributed by atoms with Crippen molar-refractivity contribution in [2.75, 3.05) is 25.3 Å². The lowest BCUT2D eigenvalue weighted by Gasteiger charge is -2.12. The molecule has 0 aliphatic heterocycles. The van der Waals surface area contributed by atoms with E-state index in [0.717, 1.165) is 5.69 Å². The molecule has 19 heavy (non-hydrogen) atoms. The molecule has 3 N–H and O–H groups in total. The third-order valence-corrected chi connectivity index (χ3v) is 2.81. The number of halogens is 1. The molecular formula is C13H14ClN3O2. The first-order valence-corrected chi connectivity index (χ1v) is 5.92. The lowest BCUT2D eigenvalue weighted by Crippen LogP contribution is -1.99. The molecule has 0 saturated heterocycles. The number of rotatable bonds is 4. The summed E-state index contributed by atoms with van der Waals surface area (Å²) >= 11 is 6.06. The molecule has 100 valence electrons. The SMILES string of the molecule is COc1ccc(Nc2ncc(N)cc2Cl)c(OC)c1. The molecule has 2 aromatic rings. The number of anilines is 3. The van der Waals surface area contributed by atoms with Crippen LogP contribution in [0.1, 0.15) is 0 Å². The molecule has 1 aromatic heterocycles. The lowest BCUT2D eigenvalue weighted by atomic mass is 10.2. The minimum atomic E-state index is 0.442. The van der Waals surface area contributed by atoms with E-state index in [2.05, 4.69) is 10.3 Å². The predicted octanol–water partition coefficient (Wildman–Crippen LogP) is 3.08. The molecule has 0 saturated carbocycles. The normalized spacial score (nSPS) is 10.1. The van der Waals surface area contributed by atoms with Gasteiger partial charge in [-0.05, 0) is 18.2 Å². The number of nitrogens with one attached hydrogen (secondary N) is 1. The largest absolute Gasteiger partial charge is 0.497 e. The van der Waals surface area contributed by atoms with Gasteiger partial charge >= 0.3 is 0 Å². The van der Waals surface area contributed by atoms with Crippen LogP contribution in [0.5, 0.6) is 11.5 Å². The second-order valence-corrected chi connectivity index (χ2v) is 4.20. The first kappa shape index (κ1) is 13.3. The molecule has 0 spiro atoms. The molecular weight excluding hydrogens is 266 g/mol. The Labute approximate surface area is 116 Å². The molecule has 0 unspecified atom stereocenters. The van der Waals surface area contributed by atoms with Crippen LogP contribution in [0.3, 0.4) is 0 Å². The molecule has 5 nitrogen and oxygen atoms in total. The Hall–Kier alpha value is -2.14. The minimum Gasteiger partial charge on any atom is -0.497 e. The summed E-state index contributed by atoms with van der Waals surface area (Å²) in [5, 5.41) is 3.53. The summed E-state index contributed by atoms with van der Waals surface area (Å²) in [7, 11) is 3.18. The summed E-state index contributed by atoms with van der Waals surface area (Å²) in [5.41, 5.74) is 6.85. The van der Waals surface area contributed by atoms with Gasteiger partial charge in [-0.3, -0.25) is 0 Å². The maximum absolute atomic E-state index is 6.06. The molecule has 0 fully saturated rings. The van der Waals surface area contributed by atoms with Gasteiger partial charge in [-0.25, -0.2) is 4.98 Å². The zero-order valence-electron chi connectivity index (χ0n) is 10.6. The van der Waals surface area contributed by atoms with E-state index >= 15 is 0 Å². The molecule has 6 heteroatoms. The van der Waals surface area contributed by atoms with Gasteiger partial charge in [-0.1, -0.05) is 11.6 Å². The molecule has 0 aliphatic carbocycles. The van der Waals surface area contributed by atoms with E-state index in [1.807, 2.05) is 12.1 Å². The summed E-state index contributed by atoms with van der Waals surface area (Å²) in [4.78, 5) is 4.14. The fraction of sp³-hybridized carbons (Fsp3) is 0.154. The lowest BCUT2D eigenvalue weighted by molar-refractivity contribution is 0.395. The Bertz CT molecular complexity index is 590. The van der Waals surface area contributed by atoms with Crippen LogP contribution < -0.4 is 20.5 Å². The topological polar surface area (TPSA) is 69.4 Å². The first-order valence-electron chi connectivity index (χ1n) is 5.54. The van der Waals surface area contributed by atoms with Crippen molar-refractivity contribution < 1.29 is 9.47 Å². The van der Waals surface area contributed by atoms with Crippen LogP contribution in [0.2, 0.25) is 5.02 Å². The van der Waals surface area contributed by atoms with Gasteiger partial charge in [0.2, 0.25) is 0 Å². The van der Waals surface area contributed by atoms with Crippen LogP contribution in [0.15, 0.2) is 30.5 Å². The summed E-state index contributed by atoms with van der Waals surface area (Å²) in [6, 6.07) is 7.04. The van der Waals surface area contributed by atoms with Crippen molar-refractivity contribution in [1.29, 1.82) is 0 Å². The number of nitrogen functional groups attached to an aromatic ring is 1. The monoisotopic (exact) mass is 279 g/mol. The summed E-state index contributed by atoms with van der Waals surface area (Å²) in [6.07, 6.45) is 1.53. The van der Waals surface area contributed by atoms with Crippen LogP contribution in [0.4, 0.5) is 17.2 Å². The summed E-state index contributed by atoms with van der Waals surface area (Å²) < 4.78 is 10.4. The summed E-state index contributed by atoms with van der Waals surface area (Å²) in [6.45, 7) is 0. The highest BCUT2D eigenvalue weighted by Crippen LogP contribution is 2.33. The molecule has 0 bridgehead atoms. The van der Waals surface area contributed by atoms with Gasteiger partial charge in [0, 0.05) is 6.07 Å². The van der Waals surface area contributed by atoms with Crippen LogP contribution in [-0.4, -0.2) is 19.2 Å². The van der Waals surface area contributed by atoms with E-state index in [4.69, 9.17) is 26.8 Å². The van der Waals surface area contributed by atoms with E-state index in [9.17, 15) is 0 Å². The number of nitrogens with zero attached hydrogens (tertiary/aromatic N) is 1. The number of nitrogens with two attached hydrogens (primary N) is 1. The number of hydrogen-bond donors (Lipinski definition) is 2. The third kappa shape index (κ3) is 3.00. The first-order chi connectivity index (χ1) is 9.13. The van der Waals surface area contributed by atoms with E-state index in [1.165, 1.54) is 6.20 Å². The van der Waals surface area contributed by atoms with Gasteiger partial charge < -0.3 is 20.5 Å². The van der Waals surface area contributed by atoms with Crippen molar-refractivity contribution in [1.82, 2.24) is 4.98 Å². The Balaban J connectivity index is 2.32. The maximum atomic E-state index is 6.06. The van der Waals surface area contributed by atoms with Crippen molar-refractivity contribution in [2.24, 2.45) is 0 Å². The van der Waals surface area contributed by atoms with Gasteiger partial charge in [0.1, 0.15) is 17.3 Å². The number of ether oxygens (including phenoxy) is 2. The van der Waals surface area contributed by atoms with Crippen molar-refractivity contribution in [3.63, 3.8) is 0 Å². The van der Waals surface area contributed by atoms with Crippen molar-refractivity contribution in [3.8, 4) is 11.5 Å². The number of aromatic nitrogens is 1. The number of pyridine rings is 1. The van der Waals surface area contributed by atoms with Gasteiger partial charge in [0.15, 0.2) is 0 Å². The van der Waals surface area contributed by atoms with Gasteiger partial charge in [0.05, 0.1) is 36.8 Å². The zero-order chi connectivity index (χ0) is 13.8. The quantitative estimate of drug-likeness (QED) is 0.900. The van der Waals surface area contributed by atoms with E-state index in [-0.39, 0.29) is 0 Å². The number of benzene rings is 1. The summed E-state index contributed by atoms with van der Waals surface area (Å²) in [5.74, 6) is 1.85. The number of methoxy groups -OCH3 is 2. The molecule has 0 radical (unpaired) electrons. The molecule has 0 amide bonds. The van der Waals surface area contributed by atoms with Crippen LogP contribution in [0.25, 0.3) is 0 Å². The predicted molar refractivity (Wildman–Crippen MR) is 76.5 cm³/mol. The second kappa shape index (κ2) is 5.67. The van der Waals surface area contributed by atoms with Crippen molar-refractivity contribution in [2.45, 2.75) is 0 Å². The van der Waals surface area contributed by atoms with Crippen molar-refractivity contribution >= 4 is 28.8 Å². The van der Waals surface area contributed by atoms with E-state index < -0.39 is 0 Å². The fourth-order valence-electron chi connectivity index (χ4n) is 1.57. The average molecular weight is 280 g/mol. The highest BCUT2D eigenvalue weighted by atomic mass is 35.5. The minimum absolute atomic E-state index is 0.442. The van der Waals surface area contributed by atoms with Gasteiger partial charge in [-0.15, -0.1) is 0 Å². The molecule has 0 atom stereocenters. The standard InChI is InChI=1S/C13H14ClN3O2/c1-18-9-3-4-11(12(6-9)19-2)17-13-10(14)5-8(15)7-16-13/h3-7H,15H2,1-2H3,(H,16,17). The number of hydrogen-bond acceptors (Lipinski definition) is 5. The Morgan fingerprint density at radius 3 is 2.63 bits per heavy atom. The molecule has 2 rings (SSSR count). The Morgan fingerprint density at radius 1 is 1.21 bits per heavy atom. The molecule has 1 heterocycles. The maximum Gasteiger partial charge on any atom is 0.149 e. The average Bonchev–Trinajstić information content (AvgIpc) is 2.42. The van der Waals surface area contributed by atoms with E-state index in [0.29, 0.717) is 28.0 Å². The Morgan fingerprint density at radius 2 is 2.00 bits per heavy atom. The smallest absolute Gasteiger partial charge is 0.149 e. The van der Waals surface area contributed by atoms with Crippen molar-refractivity contribution in [3.05, 3.63) is 35.5 Å². The zero-order valence-corrected chi connectivity index (χ0v) is 11.4. The third-order valence-electron chi connectivity index (χ3n) is 2.52. The molecule has 0 aliphatic rings. The van der Waals surface area contributed by atoms with E-state index in [1.54, 1.807) is 26.4 Å². The van der Waals surface area contributed by atoms with Crippen LogP contribution in [-0.2, 0) is 0 Å². The van der Waals surface area contributed by atoms with Gasteiger partial charge in [0.25, 0.3) is 0 Å². The Kier molecular flexibility index (Phi) is 3.97. The highest BCUT2D eigenvalue weighted by molar-refractivity contribution is 6.33. The van der Waals surface area contributed by atoms with Crippen LogP contribution >= 0.6 is 11.6 Å². The van der Waals surface area contributed by atoms with Gasteiger partial charge in [-0.2, -0.15) is 0 Å². The fourth-order valence-corrected chi connectivity index (χ4v) is 1.80. The van der Waals surface area contributed by atoms with Crippen LogP contribution in [0, 0.1) is 0 Å². The molecule has 1 aromatic carbocycles. The highest BCUT2D eigenvalue weighted by Gasteiger charge is 2.08.